The van der Waals surface area contributed by atoms with Gasteiger partial charge < -0.3 is 24.8 Å². The van der Waals surface area contributed by atoms with Crippen molar-refractivity contribution in [3.8, 4) is 0 Å². The second-order valence-electron chi connectivity index (χ2n) is 6.48. The fraction of sp³-hybridized carbons (Fsp3) is 0.368. The largest absolute Gasteiger partial charge is 0.478 e. The minimum Gasteiger partial charge on any atom is -0.478 e. The summed E-state index contributed by atoms with van der Waals surface area (Å²) in [5, 5.41) is 19.9. The number of aliphatic carboxylic acids is 2. The normalized spacial score (nSPS) is 17.2. The number of nitrogens with one attached hydrogen (secondary N) is 1. The van der Waals surface area contributed by atoms with Gasteiger partial charge in [0.15, 0.2) is 5.58 Å². The van der Waals surface area contributed by atoms with Gasteiger partial charge in [0.1, 0.15) is 5.82 Å². The molecule has 0 radical (unpaired) electrons. The van der Waals surface area contributed by atoms with Crippen LogP contribution in [0, 0.1) is 11.7 Å². The highest BCUT2D eigenvalue weighted by molar-refractivity contribution is 5.90. The van der Waals surface area contributed by atoms with Crippen molar-refractivity contribution in [1.29, 1.82) is 0 Å². The molecule has 0 saturated carbocycles. The van der Waals surface area contributed by atoms with Gasteiger partial charge in [-0.25, -0.2) is 14.0 Å². The molecular formula is C19H23FN2O5. The molecule has 2 aromatic rings. The number of piperazine rings is 1. The number of furan rings is 1. The zero-order valence-electron chi connectivity index (χ0n) is 15.2. The maximum atomic E-state index is 13.8. The van der Waals surface area contributed by atoms with Crippen molar-refractivity contribution in [2.45, 2.75) is 19.9 Å². The Balaban J connectivity index is 0.000000279. The molecule has 2 heterocycles. The Morgan fingerprint density at radius 2 is 1.96 bits per heavy atom. The monoisotopic (exact) mass is 378 g/mol. The summed E-state index contributed by atoms with van der Waals surface area (Å²) in [6.07, 6.45) is 2.74. The third kappa shape index (κ3) is 5.55. The van der Waals surface area contributed by atoms with Crippen LogP contribution < -0.4 is 10.2 Å². The van der Waals surface area contributed by atoms with Gasteiger partial charge in [-0.15, -0.1) is 0 Å². The number of carboxylic acid groups (broad SMARTS) is 2. The van der Waals surface area contributed by atoms with Crippen LogP contribution in [0.15, 0.2) is 41.0 Å². The zero-order chi connectivity index (χ0) is 20.0. The van der Waals surface area contributed by atoms with E-state index in [2.05, 4.69) is 24.1 Å². The molecule has 1 atom stereocenters. The molecule has 1 fully saturated rings. The molecule has 1 saturated heterocycles. The molecule has 3 N–H and O–H groups in total. The van der Waals surface area contributed by atoms with Gasteiger partial charge in [-0.3, -0.25) is 0 Å². The van der Waals surface area contributed by atoms with Crippen molar-refractivity contribution in [2.24, 2.45) is 5.92 Å². The average molecular weight is 378 g/mol. The highest BCUT2D eigenvalue weighted by Gasteiger charge is 2.27. The van der Waals surface area contributed by atoms with Crippen LogP contribution in [0.25, 0.3) is 11.0 Å². The molecule has 146 valence electrons. The van der Waals surface area contributed by atoms with Crippen LogP contribution in [0.5, 0.6) is 0 Å². The molecule has 0 spiro atoms. The standard InChI is InChI=1S/C15H19FN2O.C4H4O4/c1-10(2)14-9-17-4-5-18(14)13-8-12(16)7-11-3-6-19-15(11)13;5-3(6)1-2-4(7)8/h3,6-8,10,14,17H,4-5,9H2,1-2H3;1-2H,(H,5,6)(H,7,8)/t14-;/m1./s1. The molecule has 0 unspecified atom stereocenters. The summed E-state index contributed by atoms with van der Waals surface area (Å²) in [5.74, 6) is -2.22. The Bertz CT molecular complexity index is 815. The molecule has 3 rings (SSSR count). The fourth-order valence-corrected chi connectivity index (χ4v) is 3.00. The molecule has 7 nitrogen and oxygen atoms in total. The van der Waals surface area contributed by atoms with Gasteiger partial charge in [-0.2, -0.15) is 0 Å². The lowest BCUT2D eigenvalue weighted by Gasteiger charge is -2.40. The molecule has 0 bridgehead atoms. The van der Waals surface area contributed by atoms with Crippen LogP contribution >= 0.6 is 0 Å². The smallest absolute Gasteiger partial charge is 0.328 e. The second-order valence-corrected chi connectivity index (χ2v) is 6.48. The minimum atomic E-state index is -1.26. The van der Waals surface area contributed by atoms with E-state index < -0.39 is 11.9 Å². The number of hydrogen-bond donors (Lipinski definition) is 3. The average Bonchev–Trinajstić information content (AvgIpc) is 3.08. The van der Waals surface area contributed by atoms with Crippen molar-refractivity contribution < 1.29 is 28.6 Å². The number of fused-ring (bicyclic) bond motifs is 1. The predicted molar refractivity (Wildman–Crippen MR) is 99.4 cm³/mol. The highest BCUT2D eigenvalue weighted by atomic mass is 19.1. The van der Waals surface area contributed by atoms with E-state index in [-0.39, 0.29) is 5.82 Å². The van der Waals surface area contributed by atoms with E-state index in [1.54, 1.807) is 12.3 Å². The summed E-state index contributed by atoms with van der Waals surface area (Å²) in [4.78, 5) is 21.4. The predicted octanol–water partition coefficient (Wildman–Crippen LogP) is 2.72. The number of benzene rings is 1. The van der Waals surface area contributed by atoms with Crippen molar-refractivity contribution in [2.75, 3.05) is 24.5 Å². The van der Waals surface area contributed by atoms with Crippen LogP contribution in [-0.2, 0) is 9.59 Å². The lowest BCUT2D eigenvalue weighted by Crippen LogP contribution is -2.53. The molecule has 0 amide bonds. The van der Waals surface area contributed by atoms with Crippen LogP contribution in [-0.4, -0.2) is 47.8 Å². The van der Waals surface area contributed by atoms with Crippen LogP contribution in [0.4, 0.5) is 10.1 Å². The number of carboxylic acids is 2. The van der Waals surface area contributed by atoms with Gasteiger partial charge in [-0.05, 0) is 18.1 Å². The van der Waals surface area contributed by atoms with Crippen LogP contribution in [0.1, 0.15) is 13.8 Å². The second kappa shape index (κ2) is 9.18. The molecule has 0 aliphatic carbocycles. The minimum absolute atomic E-state index is 0.204. The molecule has 1 aromatic carbocycles. The van der Waals surface area contributed by atoms with Gasteiger partial charge >= 0.3 is 11.9 Å². The van der Waals surface area contributed by atoms with Gasteiger partial charge in [0, 0.05) is 49.3 Å². The van der Waals surface area contributed by atoms with Crippen molar-refractivity contribution in [3.63, 3.8) is 0 Å². The summed E-state index contributed by atoms with van der Waals surface area (Å²) < 4.78 is 19.3. The third-order valence-corrected chi connectivity index (χ3v) is 4.23. The zero-order valence-corrected chi connectivity index (χ0v) is 15.2. The highest BCUT2D eigenvalue weighted by Crippen LogP contribution is 2.32. The number of nitrogens with zero attached hydrogens (tertiary/aromatic N) is 1. The van der Waals surface area contributed by atoms with Crippen molar-refractivity contribution in [1.82, 2.24) is 5.32 Å². The Morgan fingerprint density at radius 1 is 1.30 bits per heavy atom. The topological polar surface area (TPSA) is 103 Å². The number of carbonyl (C=O) groups is 2. The van der Waals surface area contributed by atoms with E-state index in [0.717, 1.165) is 36.3 Å². The van der Waals surface area contributed by atoms with E-state index in [9.17, 15) is 14.0 Å². The maximum absolute atomic E-state index is 13.8. The summed E-state index contributed by atoms with van der Waals surface area (Å²) >= 11 is 0. The Hall–Kier alpha value is -2.87. The molecule has 1 aromatic heterocycles. The van der Waals surface area contributed by atoms with Gasteiger partial charge in [0.25, 0.3) is 0 Å². The first-order valence-electron chi connectivity index (χ1n) is 8.57. The Kier molecular flexibility index (Phi) is 6.95. The van der Waals surface area contributed by atoms with Gasteiger partial charge in [0.05, 0.1) is 12.0 Å². The quantitative estimate of drug-likeness (QED) is 0.703. The third-order valence-electron chi connectivity index (χ3n) is 4.23. The first-order valence-corrected chi connectivity index (χ1v) is 8.57. The summed E-state index contributed by atoms with van der Waals surface area (Å²) in [7, 11) is 0. The summed E-state index contributed by atoms with van der Waals surface area (Å²) in [6, 6.07) is 5.29. The first kappa shape index (κ1) is 20.4. The fourth-order valence-electron chi connectivity index (χ4n) is 3.00. The number of rotatable bonds is 4. The van der Waals surface area contributed by atoms with Crippen LogP contribution in [0.3, 0.4) is 0 Å². The number of hydrogen-bond acceptors (Lipinski definition) is 5. The molecular weight excluding hydrogens is 355 g/mol. The Morgan fingerprint density at radius 3 is 2.56 bits per heavy atom. The van der Waals surface area contributed by atoms with E-state index in [0.29, 0.717) is 24.1 Å². The molecule has 1 aliphatic rings. The Labute approximate surface area is 156 Å². The summed E-state index contributed by atoms with van der Waals surface area (Å²) in [6.45, 7) is 7.12. The van der Waals surface area contributed by atoms with Crippen molar-refractivity contribution in [3.05, 3.63) is 42.4 Å². The van der Waals surface area contributed by atoms with Crippen molar-refractivity contribution >= 4 is 28.6 Å². The summed E-state index contributed by atoms with van der Waals surface area (Å²) in [5.41, 5.74) is 1.66. The first-order chi connectivity index (χ1) is 12.8. The van der Waals surface area contributed by atoms with E-state index in [4.69, 9.17) is 14.6 Å². The molecule has 27 heavy (non-hydrogen) atoms. The van der Waals surface area contributed by atoms with Gasteiger partial charge in [-0.1, -0.05) is 13.8 Å². The van der Waals surface area contributed by atoms with E-state index >= 15 is 0 Å². The molecule has 8 heteroatoms. The van der Waals surface area contributed by atoms with E-state index in [1.807, 2.05) is 6.07 Å². The van der Waals surface area contributed by atoms with E-state index in [1.165, 1.54) is 6.07 Å². The van der Waals surface area contributed by atoms with Gasteiger partial charge in [0.2, 0.25) is 0 Å². The van der Waals surface area contributed by atoms with Crippen LogP contribution in [0.2, 0.25) is 0 Å². The number of anilines is 1. The lowest BCUT2D eigenvalue weighted by molar-refractivity contribution is -0.134. The molecule has 1 aliphatic heterocycles. The maximum Gasteiger partial charge on any atom is 0.328 e. The SMILES string of the molecule is CC(C)[C@H]1CNCCN1c1cc(F)cc2ccoc12.O=C(O)C=CC(=O)O. The number of halogens is 1. The lowest BCUT2D eigenvalue weighted by atomic mass is 9.99.